The van der Waals surface area contributed by atoms with Crippen molar-refractivity contribution >= 4 is 5.97 Å². The minimum absolute atomic E-state index is 0.145. The third kappa shape index (κ3) is 6.58. The molecule has 0 spiro atoms. The van der Waals surface area contributed by atoms with Crippen LogP contribution in [0, 0.1) is 0 Å². The summed E-state index contributed by atoms with van der Waals surface area (Å²) in [5.41, 5.74) is 0. The SMILES string of the molecule is CCCCCC(O)C(=O)OC(C)C. The van der Waals surface area contributed by atoms with Crippen LogP contribution in [0.4, 0.5) is 0 Å². The van der Waals surface area contributed by atoms with Gasteiger partial charge in [-0.15, -0.1) is 0 Å². The second-order valence-electron chi connectivity index (χ2n) is 3.50. The average Bonchev–Trinajstić information content (AvgIpc) is 2.03. The van der Waals surface area contributed by atoms with E-state index in [1.54, 1.807) is 13.8 Å². The van der Waals surface area contributed by atoms with Crippen molar-refractivity contribution in [3.63, 3.8) is 0 Å². The van der Waals surface area contributed by atoms with Gasteiger partial charge in [-0.1, -0.05) is 26.2 Å². The molecule has 0 aliphatic carbocycles. The Labute approximate surface area is 80.1 Å². The van der Waals surface area contributed by atoms with Gasteiger partial charge in [-0.3, -0.25) is 0 Å². The zero-order valence-corrected chi connectivity index (χ0v) is 8.75. The van der Waals surface area contributed by atoms with Gasteiger partial charge < -0.3 is 9.84 Å². The number of unbranched alkanes of at least 4 members (excludes halogenated alkanes) is 2. The van der Waals surface area contributed by atoms with Crippen LogP contribution < -0.4 is 0 Å². The van der Waals surface area contributed by atoms with Gasteiger partial charge >= 0.3 is 5.97 Å². The highest BCUT2D eigenvalue weighted by Crippen LogP contribution is 2.05. The van der Waals surface area contributed by atoms with Crippen LogP contribution in [0.25, 0.3) is 0 Å². The second kappa shape index (κ2) is 6.89. The van der Waals surface area contributed by atoms with Gasteiger partial charge in [-0.25, -0.2) is 4.79 Å². The van der Waals surface area contributed by atoms with E-state index >= 15 is 0 Å². The minimum atomic E-state index is -0.936. The number of aliphatic hydroxyl groups is 1. The Morgan fingerprint density at radius 1 is 1.38 bits per heavy atom. The van der Waals surface area contributed by atoms with E-state index in [4.69, 9.17) is 4.74 Å². The molecule has 0 aliphatic rings. The third-order valence-electron chi connectivity index (χ3n) is 1.71. The fourth-order valence-electron chi connectivity index (χ4n) is 1.02. The predicted molar refractivity (Wildman–Crippen MR) is 51.4 cm³/mol. The lowest BCUT2D eigenvalue weighted by Gasteiger charge is -2.12. The normalized spacial score (nSPS) is 13.0. The smallest absolute Gasteiger partial charge is 0.335 e. The van der Waals surface area contributed by atoms with Gasteiger partial charge in [0, 0.05) is 0 Å². The van der Waals surface area contributed by atoms with Gasteiger partial charge in [0.05, 0.1) is 6.10 Å². The molecule has 3 nitrogen and oxygen atoms in total. The van der Waals surface area contributed by atoms with Crippen LogP contribution in [0.15, 0.2) is 0 Å². The summed E-state index contributed by atoms with van der Waals surface area (Å²) < 4.78 is 4.85. The first-order chi connectivity index (χ1) is 6.07. The van der Waals surface area contributed by atoms with Crippen molar-refractivity contribution < 1.29 is 14.6 Å². The lowest BCUT2D eigenvalue weighted by atomic mass is 10.1. The van der Waals surface area contributed by atoms with Crippen LogP contribution in [0.5, 0.6) is 0 Å². The van der Waals surface area contributed by atoms with Gasteiger partial charge in [0.15, 0.2) is 6.10 Å². The molecule has 0 aromatic carbocycles. The number of aliphatic hydroxyl groups excluding tert-OH is 1. The summed E-state index contributed by atoms with van der Waals surface area (Å²) in [5.74, 6) is -0.494. The summed E-state index contributed by atoms with van der Waals surface area (Å²) in [4.78, 5) is 11.1. The van der Waals surface area contributed by atoms with Crippen molar-refractivity contribution in [2.24, 2.45) is 0 Å². The first-order valence-electron chi connectivity index (χ1n) is 4.96. The van der Waals surface area contributed by atoms with Crippen LogP contribution in [0.2, 0.25) is 0 Å². The number of hydrogen-bond donors (Lipinski definition) is 1. The summed E-state index contributed by atoms with van der Waals surface area (Å²) in [6, 6.07) is 0. The topological polar surface area (TPSA) is 46.5 Å². The Morgan fingerprint density at radius 2 is 2.00 bits per heavy atom. The Bertz CT molecular complexity index is 143. The van der Waals surface area contributed by atoms with Crippen molar-refractivity contribution in [1.82, 2.24) is 0 Å². The van der Waals surface area contributed by atoms with Crippen LogP contribution in [-0.4, -0.2) is 23.3 Å². The van der Waals surface area contributed by atoms with Crippen molar-refractivity contribution in [3.8, 4) is 0 Å². The Hall–Kier alpha value is -0.570. The first kappa shape index (κ1) is 12.4. The van der Waals surface area contributed by atoms with E-state index in [1.165, 1.54) is 0 Å². The standard InChI is InChI=1S/C10H20O3/c1-4-5-6-7-9(11)10(12)13-8(2)3/h8-9,11H,4-7H2,1-3H3. The van der Waals surface area contributed by atoms with E-state index in [0.717, 1.165) is 19.3 Å². The fraction of sp³-hybridized carbons (Fsp3) is 0.900. The number of carbonyl (C=O) groups is 1. The number of ether oxygens (including phenoxy) is 1. The summed E-state index contributed by atoms with van der Waals surface area (Å²) in [6.45, 7) is 5.63. The molecule has 0 aliphatic heterocycles. The Balaban J connectivity index is 3.57. The molecule has 1 unspecified atom stereocenters. The van der Waals surface area contributed by atoms with Crippen molar-refractivity contribution in [2.75, 3.05) is 0 Å². The molecule has 0 fully saturated rings. The molecule has 13 heavy (non-hydrogen) atoms. The van der Waals surface area contributed by atoms with Gasteiger partial charge in [0.2, 0.25) is 0 Å². The number of carbonyl (C=O) groups excluding carboxylic acids is 1. The van der Waals surface area contributed by atoms with E-state index in [9.17, 15) is 9.90 Å². The van der Waals surface area contributed by atoms with Crippen molar-refractivity contribution in [3.05, 3.63) is 0 Å². The van der Waals surface area contributed by atoms with E-state index in [1.807, 2.05) is 0 Å². The molecule has 0 saturated carbocycles. The van der Waals surface area contributed by atoms with Crippen molar-refractivity contribution in [2.45, 2.75) is 58.7 Å². The van der Waals surface area contributed by atoms with Crippen molar-refractivity contribution in [1.29, 1.82) is 0 Å². The molecule has 78 valence electrons. The van der Waals surface area contributed by atoms with E-state index < -0.39 is 12.1 Å². The fourth-order valence-corrected chi connectivity index (χ4v) is 1.02. The molecule has 0 rings (SSSR count). The summed E-state index contributed by atoms with van der Waals surface area (Å²) >= 11 is 0. The zero-order valence-electron chi connectivity index (χ0n) is 8.75. The number of esters is 1. The molecule has 1 atom stereocenters. The van der Waals surface area contributed by atoms with Gasteiger partial charge in [-0.2, -0.15) is 0 Å². The largest absolute Gasteiger partial charge is 0.461 e. The highest BCUT2D eigenvalue weighted by atomic mass is 16.6. The molecule has 0 bridgehead atoms. The van der Waals surface area contributed by atoms with E-state index in [-0.39, 0.29) is 6.10 Å². The maximum atomic E-state index is 11.1. The summed E-state index contributed by atoms with van der Waals surface area (Å²) in [6.07, 6.45) is 2.45. The average molecular weight is 188 g/mol. The summed E-state index contributed by atoms with van der Waals surface area (Å²) in [5, 5.41) is 9.32. The van der Waals surface area contributed by atoms with Gasteiger partial charge in [0.1, 0.15) is 0 Å². The number of hydrogen-bond acceptors (Lipinski definition) is 3. The molecule has 0 aromatic heterocycles. The molecule has 0 heterocycles. The molecule has 0 saturated heterocycles. The molecule has 0 radical (unpaired) electrons. The lowest BCUT2D eigenvalue weighted by molar-refractivity contribution is -0.157. The quantitative estimate of drug-likeness (QED) is 0.511. The second-order valence-corrected chi connectivity index (χ2v) is 3.50. The van der Waals surface area contributed by atoms with Crippen LogP contribution in [-0.2, 0) is 9.53 Å². The molecule has 1 N–H and O–H groups in total. The zero-order chi connectivity index (χ0) is 10.3. The molecular weight excluding hydrogens is 168 g/mol. The molecule has 3 heteroatoms. The van der Waals surface area contributed by atoms with E-state index in [2.05, 4.69) is 6.92 Å². The highest BCUT2D eigenvalue weighted by Gasteiger charge is 2.16. The molecule has 0 amide bonds. The maximum absolute atomic E-state index is 11.1. The van der Waals surface area contributed by atoms with Gasteiger partial charge in [0.25, 0.3) is 0 Å². The van der Waals surface area contributed by atoms with E-state index in [0.29, 0.717) is 6.42 Å². The van der Waals surface area contributed by atoms with Crippen LogP contribution >= 0.6 is 0 Å². The third-order valence-corrected chi connectivity index (χ3v) is 1.71. The predicted octanol–water partition coefficient (Wildman–Crippen LogP) is 1.88. The monoisotopic (exact) mass is 188 g/mol. The minimum Gasteiger partial charge on any atom is -0.461 e. The molecular formula is C10H20O3. The van der Waals surface area contributed by atoms with Crippen LogP contribution in [0.1, 0.15) is 46.5 Å². The number of rotatable bonds is 6. The van der Waals surface area contributed by atoms with Crippen LogP contribution in [0.3, 0.4) is 0 Å². The Kier molecular flexibility index (Phi) is 6.59. The summed E-state index contributed by atoms with van der Waals surface area (Å²) in [7, 11) is 0. The Morgan fingerprint density at radius 3 is 2.46 bits per heavy atom. The van der Waals surface area contributed by atoms with Gasteiger partial charge in [-0.05, 0) is 20.3 Å². The first-order valence-corrected chi connectivity index (χ1v) is 4.96. The maximum Gasteiger partial charge on any atom is 0.335 e. The lowest BCUT2D eigenvalue weighted by Crippen LogP contribution is -2.25. The highest BCUT2D eigenvalue weighted by molar-refractivity contribution is 5.74. The molecule has 0 aromatic rings.